The molecule has 0 saturated carbocycles. The second kappa shape index (κ2) is 5.73. The van der Waals surface area contributed by atoms with E-state index in [4.69, 9.17) is 21.9 Å². The molecule has 1 aromatic heterocycles. The van der Waals surface area contributed by atoms with Crippen molar-refractivity contribution in [1.29, 1.82) is 0 Å². The Morgan fingerprint density at radius 3 is 2.84 bits per heavy atom. The Labute approximate surface area is 115 Å². The molecule has 1 aromatic carbocycles. The highest BCUT2D eigenvalue weighted by Crippen LogP contribution is 2.27. The number of nitrogens with one attached hydrogen (secondary N) is 1. The van der Waals surface area contributed by atoms with Crippen molar-refractivity contribution in [3.63, 3.8) is 0 Å². The van der Waals surface area contributed by atoms with E-state index in [0.717, 1.165) is 11.1 Å². The summed E-state index contributed by atoms with van der Waals surface area (Å²) in [5.74, 6) is 5.83. The van der Waals surface area contributed by atoms with Crippen molar-refractivity contribution in [3.05, 3.63) is 52.8 Å². The van der Waals surface area contributed by atoms with Crippen LogP contribution in [0.3, 0.4) is 0 Å². The van der Waals surface area contributed by atoms with E-state index in [-0.39, 0.29) is 0 Å². The fraction of sp³-hybridized carbons (Fsp3) is 0.0714. The first-order valence-corrected chi connectivity index (χ1v) is 6.03. The maximum absolute atomic E-state index is 11.0. The summed E-state index contributed by atoms with van der Waals surface area (Å²) in [7, 11) is 0. The molecular formula is C14H13ClN2O2. The maximum Gasteiger partial charge on any atom is 0.258 e. The molecule has 98 valence electrons. The number of halogens is 1. The van der Waals surface area contributed by atoms with Gasteiger partial charge in [0.05, 0.1) is 0 Å². The fourth-order valence-corrected chi connectivity index (χ4v) is 1.73. The topological polar surface area (TPSA) is 68.3 Å². The second-order valence-corrected chi connectivity index (χ2v) is 4.42. The van der Waals surface area contributed by atoms with Gasteiger partial charge in [-0.1, -0.05) is 23.7 Å². The van der Waals surface area contributed by atoms with Gasteiger partial charge in [-0.25, -0.2) is 5.84 Å². The molecule has 2 aromatic rings. The van der Waals surface area contributed by atoms with Gasteiger partial charge in [0.15, 0.2) is 0 Å². The number of aryl methyl sites for hydroxylation is 1. The lowest BCUT2D eigenvalue weighted by Crippen LogP contribution is -2.27. The van der Waals surface area contributed by atoms with Crippen LogP contribution >= 0.6 is 11.6 Å². The third kappa shape index (κ3) is 3.24. The number of hydrogen-bond donors (Lipinski definition) is 2. The zero-order valence-corrected chi connectivity index (χ0v) is 11.1. The number of hydrazine groups is 1. The van der Waals surface area contributed by atoms with Crippen molar-refractivity contribution in [1.82, 2.24) is 5.43 Å². The minimum absolute atomic E-state index is 0.392. The van der Waals surface area contributed by atoms with Gasteiger partial charge in [-0.05, 0) is 36.8 Å². The molecule has 5 heteroatoms. The Morgan fingerprint density at radius 2 is 2.16 bits per heavy atom. The number of carbonyl (C=O) groups excluding carboxylic acids is 1. The molecule has 2 rings (SSSR count). The number of amides is 1. The molecule has 0 unspecified atom stereocenters. The van der Waals surface area contributed by atoms with E-state index < -0.39 is 5.91 Å². The molecule has 0 aliphatic heterocycles. The molecule has 0 bridgehead atoms. The van der Waals surface area contributed by atoms with E-state index in [0.29, 0.717) is 16.5 Å². The Kier molecular flexibility index (Phi) is 4.04. The summed E-state index contributed by atoms with van der Waals surface area (Å²) < 4.78 is 5.59. The average Bonchev–Trinajstić information content (AvgIpc) is 2.88. The Morgan fingerprint density at radius 1 is 1.37 bits per heavy atom. The van der Waals surface area contributed by atoms with Gasteiger partial charge in [0, 0.05) is 16.7 Å². The van der Waals surface area contributed by atoms with E-state index in [2.05, 4.69) is 0 Å². The van der Waals surface area contributed by atoms with E-state index >= 15 is 0 Å². The summed E-state index contributed by atoms with van der Waals surface area (Å²) in [6, 6.07) is 9.29. The smallest absolute Gasteiger partial charge is 0.258 e. The second-order valence-electron chi connectivity index (χ2n) is 4.01. The number of hydrogen-bond acceptors (Lipinski definition) is 3. The molecule has 1 amide bonds. The number of nitrogens with two attached hydrogens (primary N) is 1. The highest BCUT2D eigenvalue weighted by Gasteiger charge is 2.05. The molecule has 0 aliphatic rings. The molecule has 0 radical (unpaired) electrons. The summed E-state index contributed by atoms with van der Waals surface area (Å²) >= 11 is 6.07. The van der Waals surface area contributed by atoms with Crippen molar-refractivity contribution in [2.45, 2.75) is 6.92 Å². The molecular weight excluding hydrogens is 264 g/mol. The SMILES string of the molecule is Cc1ccc(-c2ccc(/C=C/C(=O)NN)o2)cc1Cl. The molecule has 1 heterocycles. The van der Waals surface area contributed by atoms with Crippen LogP contribution < -0.4 is 11.3 Å². The van der Waals surface area contributed by atoms with Crippen molar-refractivity contribution in [3.8, 4) is 11.3 Å². The quantitative estimate of drug-likeness (QED) is 0.392. The molecule has 4 nitrogen and oxygen atoms in total. The summed E-state index contributed by atoms with van der Waals surface area (Å²) in [6.07, 6.45) is 2.84. The molecule has 3 N–H and O–H groups in total. The van der Waals surface area contributed by atoms with Crippen molar-refractivity contribution < 1.29 is 9.21 Å². The van der Waals surface area contributed by atoms with Crippen LogP contribution in [-0.2, 0) is 4.79 Å². The predicted molar refractivity (Wildman–Crippen MR) is 75.3 cm³/mol. The lowest BCUT2D eigenvalue weighted by molar-refractivity contribution is -0.116. The Bertz CT molecular complexity index is 632. The highest BCUT2D eigenvalue weighted by molar-refractivity contribution is 6.31. The van der Waals surface area contributed by atoms with Crippen LogP contribution in [0.4, 0.5) is 0 Å². The molecule has 0 atom stereocenters. The molecule has 19 heavy (non-hydrogen) atoms. The van der Waals surface area contributed by atoms with Gasteiger partial charge in [-0.2, -0.15) is 0 Å². The van der Waals surface area contributed by atoms with Crippen molar-refractivity contribution in [2.24, 2.45) is 5.84 Å². The monoisotopic (exact) mass is 276 g/mol. The Hall–Kier alpha value is -2.04. The minimum Gasteiger partial charge on any atom is -0.457 e. The number of carbonyl (C=O) groups is 1. The van der Waals surface area contributed by atoms with Crippen LogP contribution in [0.2, 0.25) is 5.02 Å². The van der Waals surface area contributed by atoms with Gasteiger partial charge < -0.3 is 4.42 Å². The third-order valence-corrected chi connectivity index (χ3v) is 3.03. The molecule has 0 aliphatic carbocycles. The van der Waals surface area contributed by atoms with Gasteiger partial charge in [0.1, 0.15) is 11.5 Å². The van der Waals surface area contributed by atoms with Crippen molar-refractivity contribution in [2.75, 3.05) is 0 Å². The van der Waals surface area contributed by atoms with Gasteiger partial charge in [-0.3, -0.25) is 10.2 Å². The first-order valence-electron chi connectivity index (χ1n) is 5.65. The number of furan rings is 1. The zero-order chi connectivity index (χ0) is 13.8. The molecule has 0 saturated heterocycles. The minimum atomic E-state index is -0.392. The lowest BCUT2D eigenvalue weighted by Gasteiger charge is -2.00. The van der Waals surface area contributed by atoms with Gasteiger partial charge in [0.25, 0.3) is 5.91 Å². The third-order valence-electron chi connectivity index (χ3n) is 2.62. The average molecular weight is 277 g/mol. The molecule has 0 spiro atoms. The van der Waals surface area contributed by atoms with Crippen LogP contribution in [0.25, 0.3) is 17.4 Å². The largest absolute Gasteiger partial charge is 0.457 e. The van der Waals surface area contributed by atoms with Gasteiger partial charge in [-0.15, -0.1) is 0 Å². The first kappa shape index (κ1) is 13.4. The summed E-state index contributed by atoms with van der Waals surface area (Å²) in [5, 5.41) is 0.688. The zero-order valence-electron chi connectivity index (χ0n) is 10.3. The van der Waals surface area contributed by atoms with Crippen LogP contribution in [0.15, 0.2) is 40.8 Å². The van der Waals surface area contributed by atoms with Crippen molar-refractivity contribution >= 4 is 23.6 Å². The van der Waals surface area contributed by atoms with E-state index in [1.807, 2.05) is 36.6 Å². The number of benzene rings is 1. The summed E-state index contributed by atoms with van der Waals surface area (Å²) in [5.41, 5.74) is 3.90. The first-order chi connectivity index (χ1) is 9.10. The normalized spacial score (nSPS) is 10.9. The van der Waals surface area contributed by atoms with Crippen LogP contribution in [0, 0.1) is 6.92 Å². The predicted octanol–water partition coefficient (Wildman–Crippen LogP) is 2.91. The summed E-state index contributed by atoms with van der Waals surface area (Å²) in [4.78, 5) is 11.0. The maximum atomic E-state index is 11.0. The summed E-state index contributed by atoms with van der Waals surface area (Å²) in [6.45, 7) is 1.94. The van der Waals surface area contributed by atoms with E-state index in [1.165, 1.54) is 6.08 Å². The van der Waals surface area contributed by atoms with Gasteiger partial charge >= 0.3 is 0 Å². The van der Waals surface area contributed by atoms with Crippen LogP contribution in [0.1, 0.15) is 11.3 Å². The van der Waals surface area contributed by atoms with Gasteiger partial charge in [0.2, 0.25) is 0 Å². The van der Waals surface area contributed by atoms with Crippen LogP contribution in [0.5, 0.6) is 0 Å². The Balaban J connectivity index is 2.23. The van der Waals surface area contributed by atoms with E-state index in [1.54, 1.807) is 12.1 Å². The standard InChI is InChI=1S/C14H13ClN2O2/c1-9-2-3-10(8-12(9)15)13-6-4-11(19-13)5-7-14(18)17-16/h2-8H,16H2,1H3,(H,17,18)/b7-5+. The van der Waals surface area contributed by atoms with Crippen LogP contribution in [-0.4, -0.2) is 5.91 Å². The number of rotatable bonds is 3. The fourth-order valence-electron chi connectivity index (χ4n) is 1.55. The van der Waals surface area contributed by atoms with E-state index in [9.17, 15) is 4.79 Å². The lowest BCUT2D eigenvalue weighted by atomic mass is 10.1. The highest BCUT2D eigenvalue weighted by atomic mass is 35.5. The molecule has 0 fully saturated rings.